The van der Waals surface area contributed by atoms with Crippen LogP contribution in [0.15, 0.2) is 0 Å². The largest absolute Gasteiger partial charge is 0.412 e. The van der Waals surface area contributed by atoms with Gasteiger partial charge in [0.15, 0.2) is 0 Å². The fourth-order valence-electron chi connectivity index (χ4n) is 0. The second-order valence-corrected chi connectivity index (χ2v) is 0. The summed E-state index contributed by atoms with van der Waals surface area (Å²) in [5, 5.41) is 0. The van der Waals surface area contributed by atoms with E-state index in [1.165, 1.54) is 0 Å². The van der Waals surface area contributed by atoms with Gasteiger partial charge >= 0.3 is 0 Å². The molecular formula is H7ClO3Pd. The molecule has 0 unspecified atom stereocenters. The second kappa shape index (κ2) is 102. The molecule has 0 rings (SSSR count). The van der Waals surface area contributed by atoms with Crippen molar-refractivity contribution in [2.75, 3.05) is 0 Å². The Kier molecular flexibility index (Phi) is 4030. The van der Waals surface area contributed by atoms with Gasteiger partial charge in [0.25, 0.3) is 0 Å². The third-order valence-electron chi connectivity index (χ3n) is 0. The molecule has 0 aromatic rings. The fourth-order valence-corrected chi connectivity index (χ4v) is 0. The van der Waals surface area contributed by atoms with E-state index in [4.69, 9.17) is 0 Å². The van der Waals surface area contributed by atoms with Crippen molar-refractivity contribution >= 4 is 12.4 Å². The maximum Gasteiger partial charge on any atom is 0 e. The van der Waals surface area contributed by atoms with Gasteiger partial charge in [-0.25, -0.2) is 0 Å². The van der Waals surface area contributed by atoms with Crippen molar-refractivity contribution in [2.24, 2.45) is 0 Å². The Morgan fingerprint density at radius 3 is 0.600 bits per heavy atom. The summed E-state index contributed by atoms with van der Waals surface area (Å²) in [6.45, 7) is 0. The molecule has 0 saturated carbocycles. The Morgan fingerprint density at radius 1 is 0.600 bits per heavy atom. The summed E-state index contributed by atoms with van der Waals surface area (Å²) in [6, 6.07) is 0. The predicted molar refractivity (Wildman–Crippen MR) is 18.1 cm³/mol. The number of rotatable bonds is 0. The van der Waals surface area contributed by atoms with Crippen LogP contribution in [0.25, 0.3) is 0 Å². The van der Waals surface area contributed by atoms with Gasteiger partial charge < -0.3 is 16.4 Å². The van der Waals surface area contributed by atoms with Crippen molar-refractivity contribution < 1.29 is 36.9 Å². The van der Waals surface area contributed by atoms with Crippen molar-refractivity contribution in [1.82, 2.24) is 0 Å². The summed E-state index contributed by atoms with van der Waals surface area (Å²) < 4.78 is 0. The van der Waals surface area contributed by atoms with E-state index >= 15 is 0 Å². The van der Waals surface area contributed by atoms with E-state index in [-0.39, 0.29) is 49.3 Å². The predicted octanol–water partition coefficient (Wildman–Crippen LogP) is -2.05. The summed E-state index contributed by atoms with van der Waals surface area (Å²) >= 11 is 0. The van der Waals surface area contributed by atoms with Gasteiger partial charge in [-0.1, -0.05) is 0 Å². The Balaban J connectivity index is 0. The van der Waals surface area contributed by atoms with Gasteiger partial charge in [0, 0.05) is 20.4 Å². The van der Waals surface area contributed by atoms with Crippen LogP contribution in [-0.4, -0.2) is 16.4 Å². The van der Waals surface area contributed by atoms with Crippen molar-refractivity contribution in [1.29, 1.82) is 0 Å². The molecule has 0 aromatic heterocycles. The Hall–Kier alpha value is 0.832. The minimum atomic E-state index is 0. The van der Waals surface area contributed by atoms with Gasteiger partial charge in [0.05, 0.1) is 0 Å². The van der Waals surface area contributed by atoms with E-state index in [1.54, 1.807) is 0 Å². The Labute approximate surface area is 49.7 Å². The molecule has 0 spiro atoms. The normalized spacial score (nSPS) is 0. The Morgan fingerprint density at radius 2 is 0.600 bits per heavy atom. The quantitative estimate of drug-likeness (QED) is 0.399. The van der Waals surface area contributed by atoms with Crippen LogP contribution < -0.4 is 0 Å². The van der Waals surface area contributed by atoms with Crippen molar-refractivity contribution in [3.8, 4) is 0 Å². The monoisotopic (exact) mass is 196 g/mol. The third kappa shape index (κ3) is 56.0. The maximum atomic E-state index is 0. The molecule has 0 aliphatic carbocycles. The zero-order chi connectivity index (χ0) is 0. The molecule has 0 atom stereocenters. The average molecular weight is 197 g/mol. The molecule has 6 N–H and O–H groups in total. The van der Waals surface area contributed by atoms with E-state index < -0.39 is 0 Å². The summed E-state index contributed by atoms with van der Waals surface area (Å²) in [6.07, 6.45) is 0. The molecule has 0 aliphatic heterocycles. The molecule has 5 heteroatoms. The van der Waals surface area contributed by atoms with Crippen molar-refractivity contribution in [3.63, 3.8) is 0 Å². The van der Waals surface area contributed by atoms with Crippen LogP contribution in [0.2, 0.25) is 0 Å². The average Bonchev–Trinajstić information content (AvgIpc) is 0. The molecule has 5 heavy (non-hydrogen) atoms. The van der Waals surface area contributed by atoms with E-state index in [2.05, 4.69) is 0 Å². The first kappa shape index (κ1) is 197. The van der Waals surface area contributed by atoms with E-state index in [9.17, 15) is 0 Å². The number of hydrogen-bond acceptors (Lipinski definition) is 0. The van der Waals surface area contributed by atoms with Gasteiger partial charge in [0.2, 0.25) is 0 Å². The number of hydrogen-bond donors (Lipinski definition) is 0. The first-order valence-corrected chi connectivity index (χ1v) is 0. The summed E-state index contributed by atoms with van der Waals surface area (Å²) in [5.41, 5.74) is 0. The molecular weight excluding hydrogens is 190 g/mol. The molecule has 0 heterocycles. The molecule has 0 saturated heterocycles. The number of halogens is 1. The summed E-state index contributed by atoms with van der Waals surface area (Å²) in [7, 11) is 0. The smallest absolute Gasteiger partial charge is 0 e. The van der Waals surface area contributed by atoms with Crippen LogP contribution in [0.4, 0.5) is 0 Å². The zero-order valence-electron chi connectivity index (χ0n) is 2.22. The van der Waals surface area contributed by atoms with E-state index in [1.807, 2.05) is 0 Å². The third-order valence-corrected chi connectivity index (χ3v) is 0. The standard InChI is InChI=1S/ClH.3H2O.Pd/h1H;3*1H2;. The van der Waals surface area contributed by atoms with Crippen molar-refractivity contribution in [2.45, 2.75) is 0 Å². The minimum Gasteiger partial charge on any atom is -0.412 e. The van der Waals surface area contributed by atoms with Gasteiger partial charge in [-0.05, 0) is 0 Å². The van der Waals surface area contributed by atoms with E-state index in [0.717, 1.165) is 0 Å². The van der Waals surface area contributed by atoms with Crippen LogP contribution in [-0.2, 0) is 20.4 Å². The van der Waals surface area contributed by atoms with Gasteiger partial charge in [-0.15, -0.1) is 12.4 Å². The van der Waals surface area contributed by atoms with Crippen LogP contribution in [0.1, 0.15) is 0 Å². The van der Waals surface area contributed by atoms with Crippen LogP contribution in [0.5, 0.6) is 0 Å². The SMILES string of the molecule is Cl.O.O.O.[Pd]. The molecule has 0 radical (unpaired) electrons. The summed E-state index contributed by atoms with van der Waals surface area (Å²) in [5.74, 6) is 0. The minimum absolute atomic E-state index is 0. The van der Waals surface area contributed by atoms with Gasteiger partial charge in [-0.3, -0.25) is 0 Å². The van der Waals surface area contributed by atoms with Crippen LogP contribution >= 0.6 is 12.4 Å². The van der Waals surface area contributed by atoms with Crippen LogP contribution in [0.3, 0.4) is 0 Å². The molecule has 0 aromatic carbocycles. The first-order chi connectivity index (χ1) is 0. The topological polar surface area (TPSA) is 94.5 Å². The van der Waals surface area contributed by atoms with Crippen molar-refractivity contribution in [3.05, 3.63) is 0 Å². The van der Waals surface area contributed by atoms with Gasteiger partial charge in [-0.2, -0.15) is 0 Å². The molecule has 0 aliphatic rings. The first-order valence-electron chi connectivity index (χ1n) is 0. The summed E-state index contributed by atoms with van der Waals surface area (Å²) in [4.78, 5) is 0. The second-order valence-electron chi connectivity index (χ2n) is 0. The Bertz CT molecular complexity index is 6.85. The van der Waals surface area contributed by atoms with Gasteiger partial charge in [0.1, 0.15) is 0 Å². The maximum absolute atomic E-state index is 0. The molecule has 0 amide bonds. The molecule has 42 valence electrons. The van der Waals surface area contributed by atoms with Crippen LogP contribution in [0, 0.1) is 0 Å². The fraction of sp³-hybridized carbons (Fsp3) is 0. The zero-order valence-corrected chi connectivity index (χ0v) is 4.60. The molecule has 3 nitrogen and oxygen atoms in total. The molecule has 0 bridgehead atoms. The van der Waals surface area contributed by atoms with E-state index in [0.29, 0.717) is 0 Å². The molecule has 0 fully saturated rings.